The smallest absolute Gasteiger partial charge is 0.275 e. The third-order valence-electron chi connectivity index (χ3n) is 9.05. The van der Waals surface area contributed by atoms with E-state index in [-0.39, 0.29) is 46.7 Å². The number of likely N-dealkylation sites (tertiary alicyclic amines) is 1. The van der Waals surface area contributed by atoms with Crippen molar-refractivity contribution in [3.05, 3.63) is 77.0 Å². The number of rotatable bonds is 9. The molecule has 2 N–H and O–H groups in total. The van der Waals surface area contributed by atoms with Gasteiger partial charge in [-0.05, 0) is 39.7 Å². The Hall–Kier alpha value is -4.14. The third-order valence-corrected chi connectivity index (χ3v) is 9.34. The Kier molecular flexibility index (Phi) is 8.95. The molecular weight excluding hydrogens is 623 g/mol. The van der Waals surface area contributed by atoms with Gasteiger partial charge in [-0.2, -0.15) is 5.10 Å². The van der Waals surface area contributed by atoms with Gasteiger partial charge in [-0.25, -0.2) is 28.1 Å². The lowest BCUT2D eigenvalue weighted by molar-refractivity contribution is 0.0900. The van der Waals surface area contributed by atoms with E-state index in [1.165, 1.54) is 6.20 Å². The number of nitrogens with one attached hydrogen (secondary N) is 1. The van der Waals surface area contributed by atoms with Gasteiger partial charge < -0.3 is 15.3 Å². The van der Waals surface area contributed by atoms with Crippen LogP contribution in [0.25, 0.3) is 11.3 Å². The molecule has 2 unspecified atom stereocenters. The van der Waals surface area contributed by atoms with Crippen LogP contribution >= 0.6 is 11.6 Å². The second-order valence-corrected chi connectivity index (χ2v) is 12.1. The first kappa shape index (κ1) is 31.8. The SMILES string of the molecule is CC([C@@H]1CCN1c1ncc(C(C)n2cc(NC(=O)c3cncc(-c4c(C(F)F)ccc(Cl)c4F)n3)cn2)cn1)N1CC[C@H](O)[C@@H]1C. The highest BCUT2D eigenvalue weighted by Crippen LogP contribution is 2.36. The Labute approximate surface area is 268 Å². The Balaban J connectivity index is 1.11. The van der Waals surface area contributed by atoms with Crippen molar-refractivity contribution in [2.45, 2.75) is 70.3 Å². The number of carbonyl (C=O) groups excluding carboxylic acids is 1. The number of nitrogens with zero attached hydrogens (tertiary/aromatic N) is 8. The molecular formula is C31H33ClF3N9O2. The molecule has 2 saturated heterocycles. The number of aliphatic hydroxyl groups excluding tert-OH is 1. The number of aromatic nitrogens is 6. The Morgan fingerprint density at radius 3 is 2.50 bits per heavy atom. The molecule has 15 heteroatoms. The lowest BCUT2D eigenvalue weighted by Gasteiger charge is -2.48. The van der Waals surface area contributed by atoms with Gasteiger partial charge in [0.25, 0.3) is 12.3 Å². The van der Waals surface area contributed by atoms with E-state index < -0.39 is 29.3 Å². The number of anilines is 2. The molecule has 2 aliphatic rings. The van der Waals surface area contributed by atoms with Gasteiger partial charge in [0.2, 0.25) is 5.95 Å². The number of benzene rings is 1. The molecule has 2 aliphatic heterocycles. The molecule has 242 valence electrons. The molecule has 1 amide bonds. The minimum absolute atomic E-state index is 0.128. The molecule has 5 heterocycles. The fourth-order valence-corrected chi connectivity index (χ4v) is 6.32. The molecule has 5 atom stereocenters. The van der Waals surface area contributed by atoms with Gasteiger partial charge >= 0.3 is 0 Å². The van der Waals surface area contributed by atoms with Crippen LogP contribution in [0.2, 0.25) is 5.02 Å². The second kappa shape index (κ2) is 12.9. The number of amides is 1. The van der Waals surface area contributed by atoms with Crippen molar-refractivity contribution < 1.29 is 23.1 Å². The maximum atomic E-state index is 14.8. The second-order valence-electron chi connectivity index (χ2n) is 11.7. The molecule has 11 nitrogen and oxygen atoms in total. The van der Waals surface area contributed by atoms with Crippen LogP contribution in [0, 0.1) is 5.82 Å². The molecule has 0 bridgehead atoms. The lowest BCUT2D eigenvalue weighted by atomic mass is 9.95. The van der Waals surface area contributed by atoms with E-state index >= 15 is 0 Å². The molecule has 46 heavy (non-hydrogen) atoms. The van der Waals surface area contributed by atoms with Crippen molar-refractivity contribution in [2.75, 3.05) is 23.3 Å². The normalized spacial score (nSPS) is 21.3. The molecule has 2 fully saturated rings. The highest BCUT2D eigenvalue weighted by molar-refractivity contribution is 6.31. The lowest BCUT2D eigenvalue weighted by Crippen LogP contribution is -2.60. The van der Waals surface area contributed by atoms with Crippen LogP contribution in [-0.4, -0.2) is 82.9 Å². The topological polar surface area (TPSA) is 125 Å². The highest BCUT2D eigenvalue weighted by Gasteiger charge is 2.41. The summed E-state index contributed by atoms with van der Waals surface area (Å²) in [6, 6.07) is 2.45. The van der Waals surface area contributed by atoms with Crippen LogP contribution in [0.1, 0.15) is 67.7 Å². The quantitative estimate of drug-likeness (QED) is 0.252. The van der Waals surface area contributed by atoms with Crippen molar-refractivity contribution in [1.82, 2.24) is 34.6 Å². The van der Waals surface area contributed by atoms with Crippen LogP contribution in [0.3, 0.4) is 0 Å². The molecule has 0 spiro atoms. The number of carbonyl (C=O) groups is 1. The molecule has 0 radical (unpaired) electrons. The number of halogens is 4. The van der Waals surface area contributed by atoms with E-state index in [2.05, 4.69) is 54.0 Å². The maximum absolute atomic E-state index is 14.8. The van der Waals surface area contributed by atoms with E-state index in [0.29, 0.717) is 11.6 Å². The minimum atomic E-state index is -2.99. The van der Waals surface area contributed by atoms with E-state index in [0.717, 1.165) is 56.0 Å². The molecule has 1 aromatic carbocycles. The van der Waals surface area contributed by atoms with E-state index in [9.17, 15) is 23.1 Å². The summed E-state index contributed by atoms with van der Waals surface area (Å²) in [5.41, 5.74) is -0.432. The van der Waals surface area contributed by atoms with Crippen LogP contribution in [-0.2, 0) is 0 Å². The van der Waals surface area contributed by atoms with Gasteiger partial charge in [-0.3, -0.25) is 19.4 Å². The average Bonchev–Trinajstić information content (AvgIpc) is 3.63. The van der Waals surface area contributed by atoms with Crippen molar-refractivity contribution in [3.63, 3.8) is 0 Å². The van der Waals surface area contributed by atoms with E-state index in [1.54, 1.807) is 23.3 Å². The molecule has 6 rings (SSSR count). The summed E-state index contributed by atoms with van der Waals surface area (Å²) in [6.07, 6.45) is 7.38. The summed E-state index contributed by atoms with van der Waals surface area (Å²) < 4.78 is 43.6. The third kappa shape index (κ3) is 6.04. The molecule has 4 aromatic rings. The molecule has 0 aliphatic carbocycles. The number of alkyl halides is 2. The van der Waals surface area contributed by atoms with E-state index in [4.69, 9.17) is 11.6 Å². The number of aliphatic hydroxyl groups is 1. The predicted octanol–water partition coefficient (Wildman–Crippen LogP) is 5.14. The number of hydrogen-bond donors (Lipinski definition) is 2. The predicted molar refractivity (Wildman–Crippen MR) is 165 cm³/mol. The summed E-state index contributed by atoms with van der Waals surface area (Å²) in [5, 5.41) is 16.9. The van der Waals surface area contributed by atoms with Crippen LogP contribution in [0.4, 0.5) is 24.8 Å². The zero-order chi connectivity index (χ0) is 32.7. The fraction of sp³-hybridized carbons (Fsp3) is 0.419. The van der Waals surface area contributed by atoms with Gasteiger partial charge in [0.1, 0.15) is 5.69 Å². The largest absolute Gasteiger partial charge is 0.391 e. The van der Waals surface area contributed by atoms with Gasteiger partial charge in [0.15, 0.2) is 5.82 Å². The van der Waals surface area contributed by atoms with Gasteiger partial charge in [-0.1, -0.05) is 17.7 Å². The van der Waals surface area contributed by atoms with Crippen LogP contribution < -0.4 is 10.2 Å². The maximum Gasteiger partial charge on any atom is 0.275 e. The van der Waals surface area contributed by atoms with Crippen LogP contribution in [0.5, 0.6) is 0 Å². The Morgan fingerprint density at radius 2 is 1.85 bits per heavy atom. The van der Waals surface area contributed by atoms with Gasteiger partial charge in [0, 0.05) is 66.5 Å². The monoisotopic (exact) mass is 655 g/mol. The van der Waals surface area contributed by atoms with Crippen molar-refractivity contribution in [2.24, 2.45) is 0 Å². The van der Waals surface area contributed by atoms with Gasteiger partial charge in [-0.15, -0.1) is 0 Å². The van der Waals surface area contributed by atoms with Crippen molar-refractivity contribution >= 4 is 29.1 Å². The molecule has 0 saturated carbocycles. The zero-order valence-corrected chi connectivity index (χ0v) is 26.1. The Bertz CT molecular complexity index is 1720. The summed E-state index contributed by atoms with van der Waals surface area (Å²) in [6.45, 7) is 7.93. The minimum Gasteiger partial charge on any atom is -0.391 e. The standard InChI is InChI=1S/C31H33ClF3N9O2/c1-16(19-10-37-31(38-11-19)43-8-6-25(43)17(2)42-9-7-26(45)18(42)3)44-15-20(12-39-44)40-30(46)24-14-36-13-23(41-24)27-21(29(34)35)4-5-22(32)28(27)33/h4-5,10-18,25-26,29,45H,6-9H2,1-3H3,(H,40,46)/t16?,17?,18-,25-,26-/m0/s1. The first-order chi connectivity index (χ1) is 22.0. The summed E-state index contributed by atoms with van der Waals surface area (Å²) in [5.74, 6) is -1.11. The first-order valence-electron chi connectivity index (χ1n) is 15.0. The summed E-state index contributed by atoms with van der Waals surface area (Å²) in [7, 11) is 0. The average molecular weight is 656 g/mol. The zero-order valence-electron chi connectivity index (χ0n) is 25.4. The fourth-order valence-electron chi connectivity index (χ4n) is 6.16. The highest BCUT2D eigenvalue weighted by atomic mass is 35.5. The van der Waals surface area contributed by atoms with Gasteiger partial charge in [0.05, 0.1) is 47.1 Å². The Morgan fingerprint density at radius 1 is 1.09 bits per heavy atom. The molecule has 3 aromatic heterocycles. The number of hydrogen-bond acceptors (Lipinski definition) is 9. The van der Waals surface area contributed by atoms with Crippen LogP contribution in [0.15, 0.2) is 49.3 Å². The van der Waals surface area contributed by atoms with Crippen molar-refractivity contribution in [1.29, 1.82) is 0 Å². The van der Waals surface area contributed by atoms with Crippen molar-refractivity contribution in [3.8, 4) is 11.3 Å². The summed E-state index contributed by atoms with van der Waals surface area (Å²) in [4.78, 5) is 34.8. The van der Waals surface area contributed by atoms with E-state index in [1.807, 2.05) is 6.92 Å². The summed E-state index contributed by atoms with van der Waals surface area (Å²) >= 11 is 5.83. The first-order valence-corrected chi connectivity index (χ1v) is 15.4.